The molecular weight excluding hydrogens is 182 g/mol. The molecule has 2 rings (SSSR count). The van der Waals surface area contributed by atoms with Crippen molar-refractivity contribution in [2.24, 2.45) is 11.8 Å². The molecule has 0 spiro atoms. The van der Waals surface area contributed by atoms with Crippen LogP contribution in [0.1, 0.15) is 64.2 Å². The quantitative estimate of drug-likeness (QED) is 0.730. The lowest BCUT2D eigenvalue weighted by Gasteiger charge is -2.28. The van der Waals surface area contributed by atoms with Gasteiger partial charge in [0.25, 0.3) is 0 Å². The molecule has 1 saturated carbocycles. The average Bonchev–Trinajstić information content (AvgIpc) is 2.23. The molecule has 88 valence electrons. The Morgan fingerprint density at radius 2 is 1.20 bits per heavy atom. The van der Waals surface area contributed by atoms with Gasteiger partial charge in [-0.05, 0) is 44.2 Å². The Morgan fingerprint density at radius 3 is 1.87 bits per heavy atom. The third-order valence-electron chi connectivity index (χ3n) is 4.35. The lowest BCUT2D eigenvalue weighted by molar-refractivity contribution is 0.262. The van der Waals surface area contributed by atoms with Crippen molar-refractivity contribution in [2.75, 3.05) is 13.1 Å². The zero-order valence-corrected chi connectivity index (χ0v) is 10.1. The van der Waals surface area contributed by atoms with Crippen LogP contribution in [0.15, 0.2) is 0 Å². The second-order valence-corrected chi connectivity index (χ2v) is 5.64. The minimum absolute atomic E-state index is 1.05. The van der Waals surface area contributed by atoms with E-state index in [0.717, 1.165) is 11.8 Å². The van der Waals surface area contributed by atoms with Crippen molar-refractivity contribution in [3.8, 4) is 0 Å². The summed E-state index contributed by atoms with van der Waals surface area (Å²) in [6.07, 6.45) is 15.0. The molecule has 0 unspecified atom stereocenters. The molecule has 1 saturated heterocycles. The third-order valence-corrected chi connectivity index (χ3v) is 4.35. The normalized spacial score (nSPS) is 27.2. The summed E-state index contributed by atoms with van der Waals surface area (Å²) in [5, 5.41) is 3.47. The molecule has 2 aliphatic rings. The van der Waals surface area contributed by atoms with E-state index in [-0.39, 0.29) is 0 Å². The monoisotopic (exact) mass is 209 g/mol. The van der Waals surface area contributed by atoms with E-state index in [2.05, 4.69) is 5.32 Å². The molecule has 1 aliphatic heterocycles. The highest BCUT2D eigenvalue weighted by atomic mass is 14.9. The van der Waals surface area contributed by atoms with Gasteiger partial charge in [-0.15, -0.1) is 0 Å². The standard InChI is InChI=1S/C14H27N/c1-2-4-6-13(7-5-3-1)12-14-8-10-15-11-9-14/h13-15H,1-12H2. The number of nitrogens with one attached hydrogen (secondary N) is 1. The van der Waals surface area contributed by atoms with Crippen molar-refractivity contribution in [1.82, 2.24) is 5.32 Å². The van der Waals surface area contributed by atoms with Crippen LogP contribution < -0.4 is 5.32 Å². The summed E-state index contributed by atoms with van der Waals surface area (Å²) >= 11 is 0. The van der Waals surface area contributed by atoms with Crippen LogP contribution in [0.2, 0.25) is 0 Å². The first kappa shape index (κ1) is 11.4. The minimum atomic E-state index is 1.05. The first-order valence-corrected chi connectivity index (χ1v) is 7.16. The van der Waals surface area contributed by atoms with E-state index in [0.29, 0.717) is 0 Å². The van der Waals surface area contributed by atoms with Gasteiger partial charge in [-0.25, -0.2) is 0 Å². The second kappa shape index (κ2) is 6.52. The minimum Gasteiger partial charge on any atom is -0.317 e. The topological polar surface area (TPSA) is 12.0 Å². The van der Waals surface area contributed by atoms with Crippen molar-refractivity contribution in [3.63, 3.8) is 0 Å². The van der Waals surface area contributed by atoms with E-state index in [4.69, 9.17) is 0 Å². The predicted octanol–water partition coefficient (Wildman–Crippen LogP) is 3.74. The highest BCUT2D eigenvalue weighted by Crippen LogP contribution is 2.30. The first-order chi connectivity index (χ1) is 7.45. The summed E-state index contributed by atoms with van der Waals surface area (Å²) in [6.45, 7) is 2.55. The van der Waals surface area contributed by atoms with Gasteiger partial charge >= 0.3 is 0 Å². The molecule has 1 N–H and O–H groups in total. The average molecular weight is 209 g/mol. The number of rotatable bonds is 2. The molecule has 0 amide bonds. The summed E-state index contributed by atoms with van der Waals surface area (Å²) in [5.74, 6) is 2.13. The number of hydrogen-bond donors (Lipinski definition) is 1. The molecule has 1 heteroatoms. The van der Waals surface area contributed by atoms with Crippen molar-refractivity contribution < 1.29 is 0 Å². The number of hydrogen-bond acceptors (Lipinski definition) is 1. The van der Waals surface area contributed by atoms with E-state index in [1.54, 1.807) is 6.42 Å². The van der Waals surface area contributed by atoms with Gasteiger partial charge in [0.2, 0.25) is 0 Å². The Hall–Kier alpha value is -0.0400. The van der Waals surface area contributed by atoms with Crippen molar-refractivity contribution in [3.05, 3.63) is 0 Å². The van der Waals surface area contributed by atoms with Crippen LogP contribution in [-0.2, 0) is 0 Å². The zero-order chi connectivity index (χ0) is 10.3. The summed E-state index contributed by atoms with van der Waals surface area (Å²) in [4.78, 5) is 0. The van der Waals surface area contributed by atoms with Crippen LogP contribution in [0.4, 0.5) is 0 Å². The van der Waals surface area contributed by atoms with Crippen LogP contribution in [0.25, 0.3) is 0 Å². The second-order valence-electron chi connectivity index (χ2n) is 5.64. The molecule has 0 atom stereocenters. The maximum absolute atomic E-state index is 3.47. The molecule has 0 aromatic rings. The molecule has 1 nitrogen and oxygen atoms in total. The van der Waals surface area contributed by atoms with Crippen LogP contribution in [0.5, 0.6) is 0 Å². The molecule has 0 aromatic carbocycles. The highest BCUT2D eigenvalue weighted by molar-refractivity contribution is 4.73. The van der Waals surface area contributed by atoms with E-state index >= 15 is 0 Å². The fraction of sp³-hybridized carbons (Fsp3) is 1.00. The SMILES string of the molecule is C1CCCC(CC2CCNCC2)CCC1. The lowest BCUT2D eigenvalue weighted by Crippen LogP contribution is -2.28. The smallest absolute Gasteiger partial charge is 0.00463 e. The Morgan fingerprint density at radius 1 is 0.667 bits per heavy atom. The summed E-state index contributed by atoms with van der Waals surface area (Å²) in [7, 11) is 0. The Kier molecular flexibility index (Phi) is 4.98. The molecule has 2 fully saturated rings. The summed E-state index contributed by atoms with van der Waals surface area (Å²) < 4.78 is 0. The summed E-state index contributed by atoms with van der Waals surface area (Å²) in [6, 6.07) is 0. The molecule has 0 bridgehead atoms. The van der Waals surface area contributed by atoms with Crippen LogP contribution in [-0.4, -0.2) is 13.1 Å². The van der Waals surface area contributed by atoms with Gasteiger partial charge < -0.3 is 5.32 Å². The van der Waals surface area contributed by atoms with Gasteiger partial charge in [0.15, 0.2) is 0 Å². The molecular formula is C14H27N. The molecule has 1 aliphatic carbocycles. The Bertz CT molecular complexity index is 153. The fourth-order valence-corrected chi connectivity index (χ4v) is 3.37. The van der Waals surface area contributed by atoms with Gasteiger partial charge in [0.05, 0.1) is 0 Å². The zero-order valence-electron chi connectivity index (χ0n) is 10.1. The van der Waals surface area contributed by atoms with Crippen molar-refractivity contribution in [2.45, 2.75) is 64.2 Å². The molecule has 1 heterocycles. The summed E-state index contributed by atoms with van der Waals surface area (Å²) in [5.41, 5.74) is 0. The molecule has 0 radical (unpaired) electrons. The lowest BCUT2D eigenvalue weighted by atomic mass is 9.81. The van der Waals surface area contributed by atoms with Gasteiger partial charge in [0, 0.05) is 0 Å². The maximum atomic E-state index is 3.47. The Labute approximate surface area is 95.0 Å². The van der Waals surface area contributed by atoms with E-state index in [1.165, 1.54) is 70.9 Å². The molecule has 0 aromatic heterocycles. The fourth-order valence-electron chi connectivity index (χ4n) is 3.37. The van der Waals surface area contributed by atoms with Crippen LogP contribution >= 0.6 is 0 Å². The largest absolute Gasteiger partial charge is 0.317 e. The van der Waals surface area contributed by atoms with Gasteiger partial charge in [-0.2, -0.15) is 0 Å². The maximum Gasteiger partial charge on any atom is -0.00463 e. The van der Waals surface area contributed by atoms with E-state index < -0.39 is 0 Å². The van der Waals surface area contributed by atoms with Gasteiger partial charge in [-0.1, -0.05) is 44.9 Å². The van der Waals surface area contributed by atoms with E-state index in [9.17, 15) is 0 Å². The van der Waals surface area contributed by atoms with Gasteiger partial charge in [0.1, 0.15) is 0 Å². The van der Waals surface area contributed by atoms with Crippen LogP contribution in [0, 0.1) is 11.8 Å². The van der Waals surface area contributed by atoms with Crippen LogP contribution in [0.3, 0.4) is 0 Å². The van der Waals surface area contributed by atoms with E-state index in [1.807, 2.05) is 0 Å². The van der Waals surface area contributed by atoms with Gasteiger partial charge in [-0.3, -0.25) is 0 Å². The Balaban J connectivity index is 1.70. The number of piperidine rings is 1. The van der Waals surface area contributed by atoms with Crippen molar-refractivity contribution >= 4 is 0 Å². The molecule has 15 heavy (non-hydrogen) atoms. The predicted molar refractivity (Wildman–Crippen MR) is 66.0 cm³/mol. The third kappa shape index (κ3) is 4.14. The highest BCUT2D eigenvalue weighted by Gasteiger charge is 2.19. The first-order valence-electron chi connectivity index (χ1n) is 7.16. The van der Waals surface area contributed by atoms with Crippen molar-refractivity contribution in [1.29, 1.82) is 0 Å².